The van der Waals surface area contributed by atoms with E-state index in [0.717, 1.165) is 18.4 Å². The second-order valence-corrected chi connectivity index (χ2v) is 6.16. The first-order valence-electron chi connectivity index (χ1n) is 8.96. The van der Waals surface area contributed by atoms with Crippen molar-refractivity contribution < 1.29 is 23.0 Å². The third-order valence-electron chi connectivity index (χ3n) is 4.08. The van der Waals surface area contributed by atoms with Gasteiger partial charge in [-0.2, -0.15) is 0 Å². The number of nitrogens with two attached hydrogens (primary N) is 1. The molecule has 0 aromatic heterocycles. The Balaban J connectivity index is 0.00000392. The minimum atomic E-state index is -2.51. The molecule has 2 rings (SSSR count). The molecule has 28 heavy (non-hydrogen) atoms. The predicted octanol–water partition coefficient (Wildman–Crippen LogP) is 2.97. The molecule has 0 saturated carbocycles. The molecule has 0 aliphatic carbocycles. The number of benzene rings is 1. The molecule has 1 saturated heterocycles. The van der Waals surface area contributed by atoms with E-state index in [1.165, 1.54) is 0 Å². The highest BCUT2D eigenvalue weighted by molar-refractivity contribution is 14.0. The van der Waals surface area contributed by atoms with Gasteiger partial charge in [0.25, 0.3) is 6.43 Å². The number of carbonyl (C=O) groups is 1. The highest BCUT2D eigenvalue weighted by atomic mass is 127. The Kier molecular flexibility index (Phi) is 10.9. The van der Waals surface area contributed by atoms with Crippen LogP contribution in [0.25, 0.3) is 0 Å². The van der Waals surface area contributed by atoms with E-state index in [2.05, 4.69) is 10.3 Å². The van der Waals surface area contributed by atoms with Gasteiger partial charge in [0.2, 0.25) is 0 Å². The molecule has 1 aromatic carbocycles. The number of rotatable bonds is 7. The largest absolute Gasteiger partial charge is 0.488 e. The van der Waals surface area contributed by atoms with Crippen LogP contribution in [0.2, 0.25) is 0 Å². The second kappa shape index (κ2) is 12.6. The fraction of sp³-hybridized carbons (Fsp3) is 0.556. The van der Waals surface area contributed by atoms with Gasteiger partial charge < -0.3 is 25.4 Å². The number of alkyl halides is 2. The first kappa shape index (κ1) is 24.2. The zero-order valence-corrected chi connectivity index (χ0v) is 18.1. The van der Waals surface area contributed by atoms with Gasteiger partial charge in [-0.15, -0.1) is 24.0 Å². The number of likely N-dealkylation sites (tertiary alicyclic amines) is 1. The SMILES string of the molecule is CCOC(=O)N1CCC(NC(N)=NCc2cccc(OCC(F)F)c2)CC1.I. The molecule has 1 amide bonds. The van der Waals surface area contributed by atoms with Crippen molar-refractivity contribution in [2.45, 2.75) is 38.8 Å². The Bertz CT molecular complexity index is 641. The Morgan fingerprint density at radius 2 is 2.11 bits per heavy atom. The number of hydrogen-bond acceptors (Lipinski definition) is 4. The smallest absolute Gasteiger partial charge is 0.409 e. The van der Waals surface area contributed by atoms with Gasteiger partial charge in [-0.1, -0.05) is 12.1 Å². The van der Waals surface area contributed by atoms with Crippen molar-refractivity contribution in [1.29, 1.82) is 0 Å². The van der Waals surface area contributed by atoms with E-state index in [1.54, 1.807) is 30.0 Å². The third kappa shape index (κ3) is 8.44. The molecule has 7 nitrogen and oxygen atoms in total. The summed E-state index contributed by atoms with van der Waals surface area (Å²) in [6.07, 6.45) is -1.29. The number of aliphatic imine (C=N–C) groups is 1. The normalized spacial score (nSPS) is 15.1. The van der Waals surface area contributed by atoms with Crippen LogP contribution in [0.1, 0.15) is 25.3 Å². The third-order valence-corrected chi connectivity index (χ3v) is 4.08. The van der Waals surface area contributed by atoms with Crippen LogP contribution in [0.15, 0.2) is 29.3 Å². The zero-order valence-electron chi connectivity index (χ0n) is 15.8. The molecule has 0 bridgehead atoms. The van der Waals surface area contributed by atoms with E-state index < -0.39 is 13.0 Å². The van der Waals surface area contributed by atoms with Gasteiger partial charge in [0.15, 0.2) is 5.96 Å². The van der Waals surface area contributed by atoms with E-state index in [9.17, 15) is 13.6 Å². The Morgan fingerprint density at radius 3 is 2.75 bits per heavy atom. The molecule has 158 valence electrons. The molecule has 1 aromatic rings. The lowest BCUT2D eigenvalue weighted by atomic mass is 10.1. The first-order chi connectivity index (χ1) is 13.0. The van der Waals surface area contributed by atoms with Crippen LogP contribution in [-0.2, 0) is 11.3 Å². The quantitative estimate of drug-likeness (QED) is 0.333. The van der Waals surface area contributed by atoms with Gasteiger partial charge in [-0.3, -0.25) is 0 Å². The molecule has 0 atom stereocenters. The molecular formula is C18H27F2IN4O3. The number of nitrogens with zero attached hydrogens (tertiary/aromatic N) is 2. The van der Waals surface area contributed by atoms with E-state index in [1.807, 2.05) is 6.07 Å². The van der Waals surface area contributed by atoms with E-state index >= 15 is 0 Å². The summed E-state index contributed by atoms with van der Waals surface area (Å²) < 4.78 is 34.4. The number of guanidine groups is 1. The van der Waals surface area contributed by atoms with Gasteiger partial charge in [0, 0.05) is 19.1 Å². The maximum atomic E-state index is 12.2. The summed E-state index contributed by atoms with van der Waals surface area (Å²) >= 11 is 0. The maximum absolute atomic E-state index is 12.2. The molecule has 1 fully saturated rings. The van der Waals surface area contributed by atoms with Gasteiger partial charge >= 0.3 is 6.09 Å². The lowest BCUT2D eigenvalue weighted by Crippen LogP contribution is -2.48. The standard InChI is InChI=1S/C18H26F2N4O3.HI/c1-2-26-18(25)24-8-6-14(7-9-24)23-17(21)22-11-13-4-3-5-15(10-13)27-12-16(19)20;/h3-5,10,14,16H,2,6-9,11-12H2,1H3,(H3,21,22,23);1H. The Labute approximate surface area is 180 Å². The molecule has 0 spiro atoms. The predicted molar refractivity (Wildman–Crippen MR) is 113 cm³/mol. The molecule has 3 N–H and O–H groups in total. The average molecular weight is 512 g/mol. The summed E-state index contributed by atoms with van der Waals surface area (Å²) in [4.78, 5) is 17.6. The summed E-state index contributed by atoms with van der Waals surface area (Å²) in [5.41, 5.74) is 6.74. The van der Waals surface area contributed by atoms with Crippen LogP contribution in [0, 0.1) is 0 Å². The van der Waals surface area contributed by atoms with Crippen molar-refractivity contribution >= 4 is 36.0 Å². The summed E-state index contributed by atoms with van der Waals surface area (Å²) in [7, 11) is 0. The van der Waals surface area contributed by atoms with Crippen LogP contribution in [0.4, 0.5) is 13.6 Å². The van der Waals surface area contributed by atoms with Crippen LogP contribution < -0.4 is 15.8 Å². The average Bonchev–Trinajstić information content (AvgIpc) is 2.66. The van der Waals surface area contributed by atoms with Crippen molar-refractivity contribution in [2.24, 2.45) is 10.7 Å². The molecule has 1 aliphatic rings. The number of amides is 1. The fourth-order valence-electron chi connectivity index (χ4n) is 2.75. The first-order valence-corrected chi connectivity index (χ1v) is 8.96. The second-order valence-electron chi connectivity index (χ2n) is 6.16. The number of nitrogens with one attached hydrogen (secondary N) is 1. The molecule has 1 aliphatic heterocycles. The maximum Gasteiger partial charge on any atom is 0.409 e. The van der Waals surface area contributed by atoms with Crippen molar-refractivity contribution in [3.63, 3.8) is 0 Å². The molecule has 0 unspecified atom stereocenters. The fourth-order valence-corrected chi connectivity index (χ4v) is 2.75. The van der Waals surface area contributed by atoms with Crippen LogP contribution in [0.5, 0.6) is 5.75 Å². The minimum absolute atomic E-state index is 0. The van der Waals surface area contributed by atoms with Gasteiger partial charge in [0.1, 0.15) is 12.4 Å². The topological polar surface area (TPSA) is 89.2 Å². The summed E-state index contributed by atoms with van der Waals surface area (Å²) in [6, 6.07) is 6.97. The van der Waals surface area contributed by atoms with Crippen molar-refractivity contribution in [3.05, 3.63) is 29.8 Å². The van der Waals surface area contributed by atoms with Crippen molar-refractivity contribution in [1.82, 2.24) is 10.2 Å². The Hall–Kier alpha value is -1.85. The number of ether oxygens (including phenoxy) is 2. The van der Waals surface area contributed by atoms with Crippen LogP contribution in [0.3, 0.4) is 0 Å². The van der Waals surface area contributed by atoms with E-state index in [-0.39, 0.29) is 36.1 Å². The number of piperidine rings is 1. The highest BCUT2D eigenvalue weighted by Gasteiger charge is 2.23. The Morgan fingerprint density at radius 1 is 1.39 bits per heavy atom. The molecule has 1 heterocycles. The highest BCUT2D eigenvalue weighted by Crippen LogP contribution is 2.15. The lowest BCUT2D eigenvalue weighted by molar-refractivity contribution is 0.0818. The lowest BCUT2D eigenvalue weighted by Gasteiger charge is -2.31. The monoisotopic (exact) mass is 512 g/mol. The summed E-state index contributed by atoms with van der Waals surface area (Å²) in [5, 5.41) is 3.15. The summed E-state index contributed by atoms with van der Waals surface area (Å²) in [6.45, 7) is 3.03. The number of hydrogen-bond donors (Lipinski definition) is 2. The van der Waals surface area contributed by atoms with Crippen molar-refractivity contribution in [3.8, 4) is 5.75 Å². The summed E-state index contributed by atoms with van der Waals surface area (Å²) in [5.74, 6) is 0.685. The zero-order chi connectivity index (χ0) is 19.6. The van der Waals surface area contributed by atoms with Gasteiger partial charge in [-0.25, -0.2) is 18.6 Å². The van der Waals surface area contributed by atoms with Gasteiger partial charge in [-0.05, 0) is 37.5 Å². The minimum Gasteiger partial charge on any atom is -0.488 e. The van der Waals surface area contributed by atoms with Crippen LogP contribution in [-0.4, -0.2) is 55.7 Å². The van der Waals surface area contributed by atoms with E-state index in [0.29, 0.717) is 38.0 Å². The van der Waals surface area contributed by atoms with Crippen molar-refractivity contribution in [2.75, 3.05) is 26.3 Å². The van der Waals surface area contributed by atoms with Crippen LogP contribution >= 0.6 is 24.0 Å². The molecule has 0 radical (unpaired) electrons. The number of carbonyl (C=O) groups excluding carboxylic acids is 1. The number of halogens is 3. The molecular weight excluding hydrogens is 485 g/mol. The van der Waals surface area contributed by atoms with E-state index in [4.69, 9.17) is 15.2 Å². The molecule has 10 heteroatoms. The van der Waals surface area contributed by atoms with Gasteiger partial charge in [0.05, 0.1) is 13.2 Å².